The second-order valence-electron chi connectivity index (χ2n) is 13.3. The Bertz CT molecular complexity index is 2560. The number of rotatable bonds is 6. The van der Waals surface area contributed by atoms with Crippen LogP contribution in [0.25, 0.3) is 72.7 Å². The molecule has 4 heterocycles. The van der Waals surface area contributed by atoms with E-state index in [4.69, 9.17) is 14.4 Å². The molecular weight excluding hydrogens is 831 g/mol. The molecule has 0 spiro atoms. The van der Waals surface area contributed by atoms with Gasteiger partial charge in [0, 0.05) is 49.8 Å². The Morgan fingerprint density at radius 1 is 0.623 bits per heavy atom. The summed E-state index contributed by atoms with van der Waals surface area (Å²) < 4.78 is 8.51. The Balaban J connectivity index is 0.000000194. The zero-order valence-corrected chi connectivity index (χ0v) is 32.3. The molecule has 0 saturated carbocycles. The second kappa shape index (κ2) is 15.5. The van der Waals surface area contributed by atoms with Gasteiger partial charge in [0.1, 0.15) is 5.58 Å². The van der Waals surface area contributed by atoms with E-state index in [1.165, 1.54) is 22.3 Å². The van der Waals surface area contributed by atoms with E-state index < -0.39 is 0 Å². The van der Waals surface area contributed by atoms with Crippen molar-refractivity contribution in [2.75, 3.05) is 0 Å². The zero-order chi connectivity index (χ0) is 35.6. The van der Waals surface area contributed by atoms with Crippen LogP contribution >= 0.6 is 0 Å². The summed E-state index contributed by atoms with van der Waals surface area (Å²) in [4.78, 5) is 18.6. The van der Waals surface area contributed by atoms with Gasteiger partial charge in [-0.15, -0.1) is 54.1 Å². The van der Waals surface area contributed by atoms with Gasteiger partial charge in [-0.25, -0.2) is 9.97 Å². The first-order valence-electron chi connectivity index (χ1n) is 17.6. The maximum Gasteiger partial charge on any atom is 0.188 e. The van der Waals surface area contributed by atoms with Crippen molar-refractivity contribution < 1.29 is 24.5 Å². The van der Waals surface area contributed by atoms with Gasteiger partial charge in [-0.05, 0) is 51.9 Å². The van der Waals surface area contributed by atoms with Crippen molar-refractivity contribution in [1.82, 2.24) is 24.5 Å². The summed E-state index contributed by atoms with van der Waals surface area (Å²) in [7, 11) is 0. The molecule has 0 atom stereocenters. The van der Waals surface area contributed by atoms with Gasteiger partial charge < -0.3 is 14.0 Å². The quantitative estimate of drug-likeness (QED) is 0.156. The third kappa shape index (κ3) is 6.94. The molecule has 9 aromatic rings. The first-order chi connectivity index (χ1) is 25.5. The SMILES string of the molecule is CC(C)c1cccc(C(C)C)c1-n1c(-c2[c-]ccc3c2oc2ccccc23)nc2nccnc21.[Ir].[c-]1ccccc1-c1cc(-c2ccccc2)ccn1. The minimum absolute atomic E-state index is 0. The molecule has 0 fully saturated rings. The molecule has 9 rings (SSSR count). The van der Waals surface area contributed by atoms with E-state index in [1.54, 1.807) is 12.4 Å². The number of para-hydroxylation sites is 2. The smallest absolute Gasteiger partial charge is 0.188 e. The van der Waals surface area contributed by atoms with E-state index in [0.29, 0.717) is 17.5 Å². The second-order valence-corrected chi connectivity index (χ2v) is 13.3. The van der Waals surface area contributed by atoms with E-state index in [9.17, 15) is 0 Å². The van der Waals surface area contributed by atoms with E-state index in [-0.39, 0.29) is 20.1 Å². The summed E-state index contributed by atoms with van der Waals surface area (Å²) in [6, 6.07) is 47.6. The largest absolute Gasteiger partial charge is 0.501 e. The summed E-state index contributed by atoms with van der Waals surface area (Å²) in [5.74, 6) is 1.38. The van der Waals surface area contributed by atoms with Gasteiger partial charge in [0.25, 0.3) is 0 Å². The fourth-order valence-corrected chi connectivity index (χ4v) is 6.76. The minimum atomic E-state index is 0. The number of benzene rings is 5. The Morgan fingerprint density at radius 2 is 1.36 bits per heavy atom. The van der Waals surface area contributed by atoms with Gasteiger partial charge >= 0.3 is 0 Å². The minimum Gasteiger partial charge on any atom is -0.501 e. The van der Waals surface area contributed by atoms with Crippen LogP contribution in [0.15, 0.2) is 144 Å². The zero-order valence-electron chi connectivity index (χ0n) is 29.9. The van der Waals surface area contributed by atoms with Crippen LogP contribution in [0.1, 0.15) is 50.7 Å². The predicted octanol–water partition coefficient (Wildman–Crippen LogP) is 11.6. The average molecular weight is 868 g/mol. The van der Waals surface area contributed by atoms with Gasteiger partial charge in [0.15, 0.2) is 11.3 Å². The van der Waals surface area contributed by atoms with Crippen LogP contribution in [-0.4, -0.2) is 24.5 Å². The van der Waals surface area contributed by atoms with Crippen molar-refractivity contribution in [3.63, 3.8) is 0 Å². The summed E-state index contributed by atoms with van der Waals surface area (Å²) >= 11 is 0. The molecule has 7 heteroatoms. The Labute approximate surface area is 323 Å². The molecule has 53 heavy (non-hydrogen) atoms. The Kier molecular flexibility index (Phi) is 10.4. The Morgan fingerprint density at radius 3 is 2.11 bits per heavy atom. The topological polar surface area (TPSA) is 69.6 Å². The molecule has 0 aliphatic rings. The third-order valence-electron chi connectivity index (χ3n) is 9.28. The molecule has 0 aliphatic heterocycles. The standard InChI is InChI=1S/C29H25N4O.C17H12N.Ir/c1-17(2)19-10-7-11-20(18(3)4)25(19)33-28(32-27-29(33)31-16-15-30-27)23-13-8-12-22-21-9-5-6-14-24(21)34-26(22)23;1-3-7-14(8-4-1)16-11-12-18-17(13-16)15-9-5-2-6-10-15;/h5-12,14-18H,1-4H3;1-9,11-13H;/q2*-1;. The molecule has 263 valence electrons. The van der Waals surface area contributed by atoms with Crippen molar-refractivity contribution in [3.05, 3.63) is 163 Å². The molecule has 5 aromatic carbocycles. The summed E-state index contributed by atoms with van der Waals surface area (Å²) in [5, 5.41) is 2.13. The van der Waals surface area contributed by atoms with Crippen molar-refractivity contribution in [2.24, 2.45) is 0 Å². The number of imidazole rings is 1. The van der Waals surface area contributed by atoms with Crippen LogP contribution in [0.4, 0.5) is 0 Å². The van der Waals surface area contributed by atoms with Crippen molar-refractivity contribution in [3.8, 4) is 39.5 Å². The average Bonchev–Trinajstić information content (AvgIpc) is 3.77. The molecule has 0 amide bonds. The fourth-order valence-electron chi connectivity index (χ4n) is 6.76. The van der Waals surface area contributed by atoms with Crippen LogP contribution in [-0.2, 0) is 20.1 Å². The number of furan rings is 1. The molecule has 4 aromatic heterocycles. The van der Waals surface area contributed by atoms with Crippen LogP contribution in [0, 0.1) is 12.1 Å². The maximum absolute atomic E-state index is 6.35. The number of hydrogen-bond acceptors (Lipinski definition) is 5. The molecule has 6 nitrogen and oxygen atoms in total. The molecule has 1 radical (unpaired) electrons. The fraction of sp³-hybridized carbons (Fsp3) is 0.130. The van der Waals surface area contributed by atoms with Crippen molar-refractivity contribution in [2.45, 2.75) is 39.5 Å². The van der Waals surface area contributed by atoms with Crippen LogP contribution in [0.3, 0.4) is 0 Å². The number of hydrogen-bond donors (Lipinski definition) is 0. The Hall–Kier alpha value is -5.75. The normalized spacial score (nSPS) is 11.2. The number of pyridine rings is 1. The molecular formula is C46H37IrN5O-2. The molecule has 0 unspecified atom stereocenters. The van der Waals surface area contributed by atoms with Gasteiger partial charge in [-0.1, -0.05) is 111 Å². The maximum atomic E-state index is 6.35. The molecule has 0 aliphatic carbocycles. The van der Waals surface area contributed by atoms with Gasteiger partial charge in [-0.2, -0.15) is 0 Å². The molecule has 0 N–H and O–H groups in total. The summed E-state index contributed by atoms with van der Waals surface area (Å²) in [6.07, 6.45) is 5.26. The summed E-state index contributed by atoms with van der Waals surface area (Å²) in [5.41, 5.74) is 11.7. The van der Waals surface area contributed by atoms with E-state index in [2.05, 4.69) is 103 Å². The number of fused-ring (bicyclic) bond motifs is 4. The predicted molar refractivity (Wildman–Crippen MR) is 210 cm³/mol. The first kappa shape index (κ1) is 35.6. The third-order valence-corrected chi connectivity index (χ3v) is 9.28. The number of nitrogens with zero attached hydrogens (tertiary/aromatic N) is 5. The monoisotopic (exact) mass is 868 g/mol. The van der Waals surface area contributed by atoms with Gasteiger partial charge in [0.2, 0.25) is 0 Å². The molecule has 0 bridgehead atoms. The van der Waals surface area contributed by atoms with E-state index >= 15 is 0 Å². The first-order valence-corrected chi connectivity index (χ1v) is 17.6. The molecule has 0 saturated heterocycles. The van der Waals surface area contributed by atoms with E-state index in [0.717, 1.165) is 55.9 Å². The van der Waals surface area contributed by atoms with Crippen molar-refractivity contribution >= 4 is 33.2 Å². The van der Waals surface area contributed by atoms with Crippen LogP contribution in [0.5, 0.6) is 0 Å². The van der Waals surface area contributed by atoms with Gasteiger partial charge in [-0.3, -0.25) is 4.98 Å². The number of aromatic nitrogens is 5. The van der Waals surface area contributed by atoms with Crippen LogP contribution in [0.2, 0.25) is 0 Å². The van der Waals surface area contributed by atoms with Crippen molar-refractivity contribution in [1.29, 1.82) is 0 Å². The van der Waals surface area contributed by atoms with Gasteiger partial charge in [0.05, 0.1) is 11.4 Å². The summed E-state index contributed by atoms with van der Waals surface area (Å²) in [6.45, 7) is 8.89. The van der Waals surface area contributed by atoms with Crippen LogP contribution < -0.4 is 0 Å². The van der Waals surface area contributed by atoms with E-state index in [1.807, 2.05) is 79.0 Å².